The van der Waals surface area contributed by atoms with Gasteiger partial charge in [0.05, 0.1) is 24.4 Å². The molecule has 6 heteroatoms. The number of hydrogen-bond acceptors (Lipinski definition) is 6. The van der Waals surface area contributed by atoms with Crippen molar-refractivity contribution >= 4 is 11.9 Å². The van der Waals surface area contributed by atoms with Gasteiger partial charge in [-0.05, 0) is 39.5 Å². The first-order valence-corrected chi connectivity index (χ1v) is 8.84. The molecule has 0 radical (unpaired) electrons. The van der Waals surface area contributed by atoms with E-state index in [1.54, 1.807) is 36.5 Å². The number of carbonyl (C=O) groups excluding carboxylic acids is 2. The predicted molar refractivity (Wildman–Crippen MR) is 98.1 cm³/mol. The van der Waals surface area contributed by atoms with Gasteiger partial charge in [-0.3, -0.25) is 0 Å². The number of ether oxygens (including phenoxy) is 2. The summed E-state index contributed by atoms with van der Waals surface area (Å²) >= 11 is 0. The third-order valence-electron chi connectivity index (χ3n) is 3.73. The summed E-state index contributed by atoms with van der Waals surface area (Å²) in [7, 11) is 0. The number of carbonyl (C=O) groups is 2. The molecule has 144 valence electrons. The van der Waals surface area contributed by atoms with E-state index in [1.165, 1.54) is 12.2 Å². The molecule has 0 fully saturated rings. The Balaban J connectivity index is 0.000000260. The number of hydrogen-bond donors (Lipinski definition) is 2. The van der Waals surface area contributed by atoms with Crippen LogP contribution >= 0.6 is 0 Å². The van der Waals surface area contributed by atoms with Gasteiger partial charge >= 0.3 is 11.9 Å². The molecule has 0 saturated carbocycles. The van der Waals surface area contributed by atoms with E-state index in [9.17, 15) is 19.8 Å². The number of aliphatic hydroxyl groups excluding tert-OH is 2. The van der Waals surface area contributed by atoms with Crippen molar-refractivity contribution in [1.82, 2.24) is 0 Å². The van der Waals surface area contributed by atoms with Crippen molar-refractivity contribution in [2.45, 2.75) is 63.9 Å². The number of cyclic esters (lactones) is 2. The first-order chi connectivity index (χ1) is 12.4. The van der Waals surface area contributed by atoms with Crippen LogP contribution in [0, 0.1) is 0 Å². The second-order valence-corrected chi connectivity index (χ2v) is 6.27. The summed E-state index contributed by atoms with van der Waals surface area (Å²) in [6.07, 6.45) is 14.0. The molecule has 0 aromatic rings. The van der Waals surface area contributed by atoms with Crippen LogP contribution in [0.15, 0.2) is 48.6 Å². The van der Waals surface area contributed by atoms with Crippen LogP contribution in [-0.4, -0.2) is 46.6 Å². The number of allylic oxidation sites excluding steroid dienone is 4. The minimum absolute atomic E-state index is 0.127. The van der Waals surface area contributed by atoms with Gasteiger partial charge in [0.15, 0.2) is 0 Å². The average Bonchev–Trinajstić information content (AvgIpc) is 2.58. The van der Waals surface area contributed by atoms with Gasteiger partial charge in [0, 0.05) is 12.2 Å². The van der Waals surface area contributed by atoms with E-state index in [2.05, 4.69) is 0 Å². The fourth-order valence-corrected chi connectivity index (χ4v) is 2.25. The minimum Gasteiger partial charge on any atom is -0.460 e. The fourth-order valence-electron chi connectivity index (χ4n) is 2.25. The van der Waals surface area contributed by atoms with Gasteiger partial charge in [0.25, 0.3) is 0 Å². The van der Waals surface area contributed by atoms with Crippen molar-refractivity contribution in [3.05, 3.63) is 48.6 Å². The van der Waals surface area contributed by atoms with E-state index in [4.69, 9.17) is 9.47 Å². The zero-order valence-electron chi connectivity index (χ0n) is 15.3. The molecule has 6 nitrogen and oxygen atoms in total. The van der Waals surface area contributed by atoms with Crippen molar-refractivity contribution in [3.8, 4) is 0 Å². The van der Waals surface area contributed by atoms with Crippen LogP contribution in [0.1, 0.15) is 39.5 Å². The van der Waals surface area contributed by atoms with Crippen molar-refractivity contribution in [2.75, 3.05) is 0 Å². The van der Waals surface area contributed by atoms with Gasteiger partial charge in [-0.2, -0.15) is 0 Å². The number of rotatable bonds is 0. The molecule has 2 heterocycles. The molecule has 0 aromatic heterocycles. The third kappa shape index (κ3) is 10.6. The van der Waals surface area contributed by atoms with E-state index in [0.29, 0.717) is 25.7 Å². The molecule has 0 amide bonds. The molecule has 0 bridgehead atoms. The number of aliphatic hydroxyl groups is 2. The van der Waals surface area contributed by atoms with E-state index in [1.807, 2.05) is 13.8 Å². The summed E-state index contributed by atoms with van der Waals surface area (Å²) in [5.74, 6) is -0.651. The van der Waals surface area contributed by atoms with Crippen molar-refractivity contribution < 1.29 is 29.3 Å². The van der Waals surface area contributed by atoms with Crippen LogP contribution < -0.4 is 0 Å². The molecular weight excluding hydrogens is 336 g/mol. The van der Waals surface area contributed by atoms with Crippen LogP contribution in [0.2, 0.25) is 0 Å². The summed E-state index contributed by atoms with van der Waals surface area (Å²) in [6.45, 7) is 3.65. The highest BCUT2D eigenvalue weighted by Gasteiger charge is 2.10. The third-order valence-corrected chi connectivity index (χ3v) is 3.73. The number of esters is 2. The van der Waals surface area contributed by atoms with Gasteiger partial charge in [-0.1, -0.05) is 36.5 Å². The highest BCUT2D eigenvalue weighted by Crippen LogP contribution is 2.09. The Morgan fingerprint density at radius 2 is 1.12 bits per heavy atom. The molecule has 4 atom stereocenters. The summed E-state index contributed by atoms with van der Waals surface area (Å²) in [5.41, 5.74) is 0. The molecule has 0 aliphatic carbocycles. The quantitative estimate of drug-likeness (QED) is 0.641. The van der Waals surface area contributed by atoms with Crippen LogP contribution in [0.4, 0.5) is 0 Å². The molecule has 2 aliphatic rings. The lowest BCUT2D eigenvalue weighted by molar-refractivity contribution is -0.143. The van der Waals surface area contributed by atoms with Crippen molar-refractivity contribution in [3.63, 3.8) is 0 Å². The lowest BCUT2D eigenvalue weighted by Gasteiger charge is -2.13. The molecular formula is C20H28O6. The highest BCUT2D eigenvalue weighted by atomic mass is 16.5. The lowest BCUT2D eigenvalue weighted by atomic mass is 10.1. The topological polar surface area (TPSA) is 93.1 Å². The molecule has 0 spiro atoms. The van der Waals surface area contributed by atoms with E-state index < -0.39 is 12.2 Å². The SMILES string of the molecule is C[C@@H]1CC[C@@H](O)/C=C/C=C\C(=O)O1.C[C@@H]1CC[C@@H](O)/C=C/C=C\C(=O)O1. The van der Waals surface area contributed by atoms with Crippen LogP contribution in [-0.2, 0) is 19.1 Å². The van der Waals surface area contributed by atoms with Crippen molar-refractivity contribution in [2.24, 2.45) is 0 Å². The standard InChI is InChI=1S/2C10H14O3/c2*1-8-6-7-9(11)4-2-3-5-10(12)13-8/h2*2-5,8-9,11H,6-7H2,1H3/b2*4-2+,5-3-/t2*8-,9+/m11/s1. The largest absolute Gasteiger partial charge is 0.460 e. The van der Waals surface area contributed by atoms with Crippen LogP contribution in [0.5, 0.6) is 0 Å². The summed E-state index contributed by atoms with van der Waals surface area (Å²) in [5, 5.41) is 18.7. The fraction of sp³-hybridized carbons (Fsp3) is 0.500. The molecule has 2 N–H and O–H groups in total. The Labute approximate surface area is 154 Å². The van der Waals surface area contributed by atoms with E-state index >= 15 is 0 Å². The zero-order chi connectivity index (χ0) is 19.4. The summed E-state index contributed by atoms with van der Waals surface area (Å²) < 4.78 is 10.0. The molecule has 26 heavy (non-hydrogen) atoms. The smallest absolute Gasteiger partial charge is 0.331 e. The molecule has 2 aliphatic heterocycles. The van der Waals surface area contributed by atoms with Crippen LogP contribution in [0.3, 0.4) is 0 Å². The molecule has 2 rings (SSSR count). The van der Waals surface area contributed by atoms with Gasteiger partial charge < -0.3 is 19.7 Å². The first-order valence-electron chi connectivity index (χ1n) is 8.84. The van der Waals surface area contributed by atoms with Gasteiger partial charge in [-0.25, -0.2) is 9.59 Å². The van der Waals surface area contributed by atoms with Gasteiger partial charge in [-0.15, -0.1) is 0 Å². The second kappa shape index (κ2) is 12.2. The predicted octanol–water partition coefficient (Wildman–Crippen LogP) is 2.37. The van der Waals surface area contributed by atoms with Crippen LogP contribution in [0.25, 0.3) is 0 Å². The Kier molecular flexibility index (Phi) is 10.3. The van der Waals surface area contributed by atoms with Gasteiger partial charge in [0.2, 0.25) is 0 Å². The molecule has 0 unspecified atom stereocenters. The Morgan fingerprint density at radius 1 is 0.731 bits per heavy atom. The summed E-state index contributed by atoms with van der Waals surface area (Å²) in [4.78, 5) is 22.0. The molecule has 0 saturated heterocycles. The Hall–Kier alpha value is -2.18. The molecule has 0 aromatic carbocycles. The maximum atomic E-state index is 11.0. The monoisotopic (exact) mass is 364 g/mol. The Morgan fingerprint density at radius 3 is 1.50 bits per heavy atom. The summed E-state index contributed by atoms with van der Waals surface area (Å²) in [6, 6.07) is 0. The normalized spacial score (nSPS) is 34.8. The Bertz CT molecular complexity index is 511. The maximum absolute atomic E-state index is 11.0. The highest BCUT2D eigenvalue weighted by molar-refractivity contribution is 5.82. The second-order valence-electron chi connectivity index (χ2n) is 6.27. The van der Waals surface area contributed by atoms with Crippen molar-refractivity contribution in [1.29, 1.82) is 0 Å². The van der Waals surface area contributed by atoms with E-state index in [0.717, 1.165) is 0 Å². The van der Waals surface area contributed by atoms with E-state index in [-0.39, 0.29) is 24.1 Å². The average molecular weight is 364 g/mol. The maximum Gasteiger partial charge on any atom is 0.331 e. The van der Waals surface area contributed by atoms with Gasteiger partial charge in [0.1, 0.15) is 0 Å². The minimum atomic E-state index is -0.441. The zero-order valence-corrected chi connectivity index (χ0v) is 15.3. The lowest BCUT2D eigenvalue weighted by Crippen LogP contribution is -2.16. The first kappa shape index (κ1) is 21.9.